The van der Waals surface area contributed by atoms with Crippen LogP contribution in [-0.4, -0.2) is 74.2 Å². The van der Waals surface area contributed by atoms with Crippen molar-refractivity contribution in [2.24, 2.45) is 56.7 Å². The summed E-state index contributed by atoms with van der Waals surface area (Å²) in [7, 11) is 2.25. The van der Waals surface area contributed by atoms with Gasteiger partial charge in [-0.1, -0.05) is 65.0 Å². The van der Waals surface area contributed by atoms with Crippen LogP contribution in [0, 0.1) is 56.7 Å². The minimum Gasteiger partial charge on any atom is -0.456 e. The van der Waals surface area contributed by atoms with Crippen LogP contribution >= 0.6 is 0 Å². The molecule has 7 rings (SSSR count). The lowest BCUT2D eigenvalue weighted by atomic mass is 9.32. The molecule has 1 N–H and O–H groups in total. The molecule has 1 aliphatic heterocycles. The fourth-order valence-corrected chi connectivity index (χ4v) is 14.5. The number of nitrogens with zero attached hydrogens (tertiary/aromatic N) is 2. The molecule has 0 amide bonds. The number of nitrogens with one attached hydrogen (secondary N) is 1. The number of hydrogen-bond donors (Lipinski definition) is 1. The summed E-state index contributed by atoms with van der Waals surface area (Å²) in [6.07, 6.45) is 14.7. The molecule has 1 aromatic rings. The molecule has 0 radical (unpaired) electrons. The molecular formula is C48H75N3O2. The van der Waals surface area contributed by atoms with Gasteiger partial charge in [0.05, 0.1) is 5.56 Å². The number of benzene rings is 1. The highest BCUT2D eigenvalue weighted by atomic mass is 16.6. The van der Waals surface area contributed by atoms with Crippen molar-refractivity contribution in [3.8, 4) is 0 Å². The van der Waals surface area contributed by atoms with E-state index in [1.807, 2.05) is 32.9 Å². The summed E-state index contributed by atoms with van der Waals surface area (Å²) in [6, 6.07) is 8.29. The largest absolute Gasteiger partial charge is 0.456 e. The molecule has 0 spiro atoms. The van der Waals surface area contributed by atoms with Gasteiger partial charge in [0.1, 0.15) is 5.60 Å². The maximum absolute atomic E-state index is 12.8. The second-order valence-electron chi connectivity index (χ2n) is 21.5. The number of fused-ring (bicyclic) bond motifs is 7. The topological polar surface area (TPSA) is 44.8 Å². The van der Waals surface area contributed by atoms with Gasteiger partial charge in [0.15, 0.2) is 0 Å². The first-order chi connectivity index (χ1) is 24.8. The Bertz CT molecular complexity index is 1560. The molecule has 1 aromatic carbocycles. The number of allylic oxidation sites excluding steroid dienone is 3. The van der Waals surface area contributed by atoms with E-state index in [0.29, 0.717) is 33.6 Å². The van der Waals surface area contributed by atoms with Crippen molar-refractivity contribution in [1.82, 2.24) is 15.1 Å². The molecule has 53 heavy (non-hydrogen) atoms. The van der Waals surface area contributed by atoms with E-state index in [-0.39, 0.29) is 16.8 Å². The highest BCUT2D eigenvalue weighted by molar-refractivity contribution is 5.90. The SMILES string of the molecule is C=C(C)[C@@H]1CCC2(CNCCN3CCN(C)CC3)CC[C@]3(C)[C@H](CC[C@@H]4[C@@]5(C)CC=C(c6ccc(C(=O)OC(C)(C)C)cc6)C(C)(C)[C@@H]5CC[C@]43C)[C@@H]12. The Kier molecular flexibility index (Phi) is 10.3. The summed E-state index contributed by atoms with van der Waals surface area (Å²) < 4.78 is 5.67. The molecule has 0 bridgehead atoms. The Hall–Kier alpha value is -1.95. The minimum absolute atomic E-state index is 0.0630. The number of carbonyl (C=O) groups is 1. The number of rotatable bonds is 8. The summed E-state index contributed by atoms with van der Waals surface area (Å²) in [5.41, 5.74) is 5.80. The Labute approximate surface area is 324 Å². The van der Waals surface area contributed by atoms with Gasteiger partial charge >= 0.3 is 5.97 Å². The van der Waals surface area contributed by atoms with Crippen LogP contribution in [0.15, 0.2) is 42.5 Å². The monoisotopic (exact) mass is 726 g/mol. The third-order valence-electron chi connectivity index (χ3n) is 17.3. The van der Waals surface area contributed by atoms with Crippen LogP contribution in [0.4, 0.5) is 0 Å². The van der Waals surface area contributed by atoms with Gasteiger partial charge in [-0.2, -0.15) is 0 Å². The quantitative estimate of drug-likeness (QED) is 0.164. The zero-order valence-corrected chi connectivity index (χ0v) is 35.5. The lowest BCUT2D eigenvalue weighted by Gasteiger charge is -2.72. The molecule has 1 heterocycles. The van der Waals surface area contributed by atoms with Gasteiger partial charge in [-0.25, -0.2) is 4.79 Å². The lowest BCUT2D eigenvalue weighted by Crippen LogP contribution is -2.66. The number of ether oxygens (including phenoxy) is 1. The summed E-state index contributed by atoms with van der Waals surface area (Å²) in [5.74, 6) is 3.35. The molecule has 1 saturated heterocycles. The van der Waals surface area contributed by atoms with E-state index < -0.39 is 5.60 Å². The van der Waals surface area contributed by atoms with Crippen molar-refractivity contribution in [3.63, 3.8) is 0 Å². The smallest absolute Gasteiger partial charge is 0.338 e. The van der Waals surface area contributed by atoms with E-state index in [1.165, 1.54) is 107 Å². The summed E-state index contributed by atoms with van der Waals surface area (Å²) in [6.45, 7) is 34.4. The average Bonchev–Trinajstić information content (AvgIpc) is 3.47. The van der Waals surface area contributed by atoms with Gasteiger partial charge < -0.3 is 15.0 Å². The van der Waals surface area contributed by atoms with Crippen molar-refractivity contribution in [3.05, 3.63) is 53.6 Å². The van der Waals surface area contributed by atoms with Crippen molar-refractivity contribution in [2.45, 2.75) is 126 Å². The highest BCUT2D eigenvalue weighted by Gasteiger charge is 2.70. The number of carbonyl (C=O) groups excluding carboxylic acids is 1. The number of esters is 1. The molecule has 6 aliphatic rings. The first-order valence-electron chi connectivity index (χ1n) is 21.7. The Morgan fingerprint density at radius 2 is 1.58 bits per heavy atom. The third kappa shape index (κ3) is 6.63. The van der Waals surface area contributed by atoms with Crippen molar-refractivity contribution in [2.75, 3.05) is 52.9 Å². The van der Waals surface area contributed by atoms with E-state index in [9.17, 15) is 4.79 Å². The van der Waals surface area contributed by atoms with E-state index in [1.54, 1.807) is 0 Å². The summed E-state index contributed by atoms with van der Waals surface area (Å²) >= 11 is 0. The van der Waals surface area contributed by atoms with Crippen LogP contribution in [0.25, 0.3) is 5.57 Å². The molecule has 5 aliphatic carbocycles. The molecule has 1 unspecified atom stereocenters. The third-order valence-corrected chi connectivity index (χ3v) is 17.3. The van der Waals surface area contributed by atoms with Crippen molar-refractivity contribution < 1.29 is 9.53 Å². The molecule has 5 nitrogen and oxygen atoms in total. The second-order valence-corrected chi connectivity index (χ2v) is 21.5. The van der Waals surface area contributed by atoms with E-state index >= 15 is 0 Å². The average molecular weight is 726 g/mol. The summed E-state index contributed by atoms with van der Waals surface area (Å²) in [4.78, 5) is 17.9. The van der Waals surface area contributed by atoms with Gasteiger partial charge in [-0.15, -0.1) is 0 Å². The number of piperazine rings is 1. The van der Waals surface area contributed by atoms with Gasteiger partial charge in [0, 0.05) is 45.8 Å². The van der Waals surface area contributed by atoms with Crippen LogP contribution in [-0.2, 0) is 4.74 Å². The van der Waals surface area contributed by atoms with Gasteiger partial charge in [0.25, 0.3) is 0 Å². The fourth-order valence-electron chi connectivity index (χ4n) is 14.5. The van der Waals surface area contributed by atoms with Crippen LogP contribution in [0.5, 0.6) is 0 Å². The second kappa shape index (κ2) is 13.9. The van der Waals surface area contributed by atoms with Gasteiger partial charge in [0.2, 0.25) is 0 Å². The van der Waals surface area contributed by atoms with E-state index in [0.717, 1.165) is 30.7 Å². The van der Waals surface area contributed by atoms with Crippen LogP contribution < -0.4 is 5.32 Å². The molecule has 5 fully saturated rings. The fraction of sp³-hybridized carbons (Fsp3) is 0.771. The maximum Gasteiger partial charge on any atom is 0.338 e. The van der Waals surface area contributed by atoms with Crippen LogP contribution in [0.1, 0.15) is 136 Å². The highest BCUT2D eigenvalue weighted by Crippen LogP contribution is 2.77. The van der Waals surface area contributed by atoms with Gasteiger partial charge in [-0.05, 0) is 172 Å². The summed E-state index contributed by atoms with van der Waals surface area (Å²) in [5, 5.41) is 4.08. The first-order valence-corrected chi connectivity index (χ1v) is 21.7. The molecular weight excluding hydrogens is 651 g/mol. The predicted molar refractivity (Wildman–Crippen MR) is 221 cm³/mol. The molecule has 5 heteroatoms. The van der Waals surface area contributed by atoms with Crippen LogP contribution in [0.2, 0.25) is 0 Å². The lowest BCUT2D eigenvalue weighted by molar-refractivity contribution is -0.225. The first kappa shape index (κ1) is 39.3. The molecule has 0 aromatic heterocycles. The van der Waals surface area contributed by atoms with E-state index in [4.69, 9.17) is 4.74 Å². The Morgan fingerprint density at radius 3 is 2.25 bits per heavy atom. The Morgan fingerprint density at radius 1 is 0.887 bits per heavy atom. The van der Waals surface area contributed by atoms with Gasteiger partial charge in [-0.3, -0.25) is 4.90 Å². The van der Waals surface area contributed by atoms with Crippen molar-refractivity contribution >= 4 is 11.5 Å². The maximum atomic E-state index is 12.8. The molecule has 294 valence electrons. The standard InChI is InChI=1S/C48H75N3O2/c1-33(2)36-18-23-48(32-49-26-27-51-30-28-50(11)29-31-51)25-24-46(9)38(41(36)48)16-17-40-45(8)21-19-37(44(6,7)39(45)20-22-47(40,46)10)34-12-14-35(15-13-34)42(52)53-43(3,4)5/h12-15,19,36,38-41,49H,1,16-18,20-32H2,2-11H3/t36-,38+,39-,40+,41+,45-,46+,47+,48?/m0/s1. The number of hydrogen-bond acceptors (Lipinski definition) is 5. The zero-order chi connectivity index (χ0) is 38.2. The normalized spacial score (nSPS) is 40.0. The predicted octanol–water partition coefficient (Wildman–Crippen LogP) is 10.1. The molecule has 4 saturated carbocycles. The number of likely N-dealkylation sites (N-methyl/N-ethyl adjacent to an activating group) is 1. The van der Waals surface area contributed by atoms with Crippen molar-refractivity contribution in [1.29, 1.82) is 0 Å². The minimum atomic E-state index is -0.494. The van der Waals surface area contributed by atoms with E-state index in [2.05, 4.69) is 88.5 Å². The van der Waals surface area contributed by atoms with Crippen LogP contribution in [0.3, 0.4) is 0 Å². The zero-order valence-electron chi connectivity index (χ0n) is 35.5. The Balaban J connectivity index is 1.11. The molecule has 9 atom stereocenters.